The molecule has 34 heavy (non-hydrogen) atoms. The first kappa shape index (κ1) is 25.5. The number of esters is 1. The summed E-state index contributed by atoms with van der Waals surface area (Å²) in [7, 11) is 3.42. The number of rotatable bonds is 6. The SMILES string of the molecule is COC(=O)C1C[C@H](N(C)CC#CC(C)(C)C)CCN1C(=O)C(c1ccccc1)c1ccccc1. The fourth-order valence-electron chi connectivity index (χ4n) is 4.46. The van der Waals surface area contributed by atoms with Crippen molar-refractivity contribution in [3.8, 4) is 11.8 Å². The van der Waals surface area contributed by atoms with Gasteiger partial charge in [-0.05, 0) is 51.8 Å². The number of carbonyl (C=O) groups excluding carboxylic acids is 2. The molecule has 2 aromatic carbocycles. The zero-order valence-corrected chi connectivity index (χ0v) is 21.0. The van der Waals surface area contributed by atoms with Crippen LogP contribution in [0.2, 0.25) is 0 Å². The average molecular weight is 461 g/mol. The molecule has 0 saturated carbocycles. The zero-order chi connectivity index (χ0) is 24.7. The number of hydrogen-bond acceptors (Lipinski definition) is 4. The molecule has 2 aromatic rings. The molecule has 2 atom stereocenters. The van der Waals surface area contributed by atoms with Crippen molar-refractivity contribution in [1.29, 1.82) is 0 Å². The van der Waals surface area contributed by atoms with Crippen LogP contribution in [0.25, 0.3) is 0 Å². The molecule has 1 saturated heterocycles. The maximum atomic E-state index is 14.0. The van der Waals surface area contributed by atoms with E-state index in [0.717, 1.165) is 17.5 Å². The molecule has 0 N–H and O–H groups in total. The van der Waals surface area contributed by atoms with Gasteiger partial charge in [0.1, 0.15) is 6.04 Å². The minimum absolute atomic E-state index is 0.0466. The lowest BCUT2D eigenvalue weighted by Crippen LogP contribution is -2.55. The maximum Gasteiger partial charge on any atom is 0.328 e. The Balaban J connectivity index is 1.85. The Morgan fingerprint density at radius 3 is 2.12 bits per heavy atom. The van der Waals surface area contributed by atoms with Crippen molar-refractivity contribution in [2.24, 2.45) is 5.41 Å². The van der Waals surface area contributed by atoms with Gasteiger partial charge < -0.3 is 9.64 Å². The lowest BCUT2D eigenvalue weighted by atomic mass is 9.87. The highest BCUT2D eigenvalue weighted by atomic mass is 16.5. The largest absolute Gasteiger partial charge is 0.467 e. The lowest BCUT2D eigenvalue weighted by Gasteiger charge is -2.42. The standard InChI is InChI=1S/C29H36N2O3/c1-29(2,3)18-12-19-30(4)24-17-20-31(25(21-24)28(33)34-5)27(32)26(22-13-8-6-9-14-22)23-15-10-7-11-16-23/h6-11,13-16,24-26H,17,19-21H2,1-5H3/t24-,25?/m1/s1. The van der Waals surface area contributed by atoms with Gasteiger partial charge in [0, 0.05) is 18.0 Å². The fraction of sp³-hybridized carbons (Fsp3) is 0.448. The third kappa shape index (κ3) is 6.48. The zero-order valence-electron chi connectivity index (χ0n) is 21.0. The predicted octanol–water partition coefficient (Wildman–Crippen LogP) is 4.33. The molecule has 5 nitrogen and oxygen atoms in total. The van der Waals surface area contributed by atoms with E-state index in [0.29, 0.717) is 19.5 Å². The van der Waals surface area contributed by atoms with Gasteiger partial charge in [-0.2, -0.15) is 0 Å². The van der Waals surface area contributed by atoms with Gasteiger partial charge in [0.25, 0.3) is 0 Å². The van der Waals surface area contributed by atoms with Gasteiger partial charge in [-0.1, -0.05) is 72.5 Å². The summed E-state index contributed by atoms with van der Waals surface area (Å²) in [6.07, 6.45) is 1.31. The molecule has 0 radical (unpaired) electrons. The van der Waals surface area contributed by atoms with E-state index in [-0.39, 0.29) is 23.3 Å². The number of likely N-dealkylation sites (tertiary alicyclic amines) is 1. The quantitative estimate of drug-likeness (QED) is 0.476. The number of methoxy groups -OCH3 is 1. The van der Waals surface area contributed by atoms with E-state index in [1.165, 1.54) is 7.11 Å². The third-order valence-electron chi connectivity index (χ3n) is 6.26. The smallest absolute Gasteiger partial charge is 0.328 e. The Morgan fingerprint density at radius 2 is 1.62 bits per heavy atom. The summed E-state index contributed by atoms with van der Waals surface area (Å²) in [5.74, 6) is 5.61. The summed E-state index contributed by atoms with van der Waals surface area (Å²) in [5.41, 5.74) is 1.78. The average Bonchev–Trinajstić information content (AvgIpc) is 2.83. The Bertz CT molecular complexity index is 979. The first-order valence-corrected chi connectivity index (χ1v) is 11.9. The summed E-state index contributed by atoms with van der Waals surface area (Å²) >= 11 is 0. The lowest BCUT2D eigenvalue weighted by molar-refractivity contribution is -0.156. The molecule has 180 valence electrons. The summed E-state index contributed by atoms with van der Waals surface area (Å²) in [6, 6.07) is 19.0. The second-order valence-corrected chi connectivity index (χ2v) is 9.97. The van der Waals surface area contributed by atoms with E-state index < -0.39 is 12.0 Å². The topological polar surface area (TPSA) is 49.9 Å². The molecule has 1 unspecified atom stereocenters. The van der Waals surface area contributed by atoms with Crippen LogP contribution in [0.1, 0.15) is 50.7 Å². The predicted molar refractivity (Wildman–Crippen MR) is 135 cm³/mol. The highest BCUT2D eigenvalue weighted by Crippen LogP contribution is 2.31. The first-order chi connectivity index (χ1) is 16.2. The number of hydrogen-bond donors (Lipinski definition) is 0. The van der Waals surface area contributed by atoms with Crippen LogP contribution in [-0.2, 0) is 14.3 Å². The van der Waals surface area contributed by atoms with Crippen molar-refractivity contribution in [3.05, 3.63) is 71.8 Å². The summed E-state index contributed by atoms with van der Waals surface area (Å²) in [4.78, 5) is 30.7. The number of piperidine rings is 1. The number of ether oxygens (including phenoxy) is 1. The van der Waals surface area contributed by atoms with Crippen molar-refractivity contribution in [3.63, 3.8) is 0 Å². The highest BCUT2D eigenvalue weighted by molar-refractivity contribution is 5.91. The normalized spacial score (nSPS) is 18.4. The molecule has 1 amide bonds. The molecule has 0 aliphatic carbocycles. The summed E-state index contributed by atoms with van der Waals surface area (Å²) < 4.78 is 5.14. The van der Waals surface area contributed by atoms with Crippen LogP contribution in [0.5, 0.6) is 0 Å². The Hall–Kier alpha value is -3.10. The van der Waals surface area contributed by atoms with Crippen LogP contribution in [0, 0.1) is 17.3 Å². The fourth-order valence-corrected chi connectivity index (χ4v) is 4.46. The van der Waals surface area contributed by atoms with E-state index >= 15 is 0 Å². The van der Waals surface area contributed by atoms with Crippen LogP contribution in [0.4, 0.5) is 0 Å². The Morgan fingerprint density at radius 1 is 1.06 bits per heavy atom. The Labute approximate surface area is 204 Å². The number of amides is 1. The molecule has 0 spiro atoms. The second kappa shape index (κ2) is 11.4. The van der Waals surface area contributed by atoms with Crippen LogP contribution in [0.15, 0.2) is 60.7 Å². The van der Waals surface area contributed by atoms with Gasteiger partial charge >= 0.3 is 5.97 Å². The van der Waals surface area contributed by atoms with Gasteiger partial charge in [-0.25, -0.2) is 4.79 Å². The molecular formula is C29H36N2O3. The monoisotopic (exact) mass is 460 g/mol. The van der Waals surface area contributed by atoms with E-state index in [1.54, 1.807) is 4.90 Å². The van der Waals surface area contributed by atoms with Crippen molar-refractivity contribution in [2.45, 2.75) is 51.6 Å². The van der Waals surface area contributed by atoms with Crippen molar-refractivity contribution >= 4 is 11.9 Å². The van der Waals surface area contributed by atoms with E-state index in [1.807, 2.05) is 67.7 Å². The van der Waals surface area contributed by atoms with Gasteiger partial charge in [-0.3, -0.25) is 9.69 Å². The third-order valence-corrected chi connectivity index (χ3v) is 6.26. The van der Waals surface area contributed by atoms with E-state index in [9.17, 15) is 9.59 Å². The molecule has 1 aliphatic heterocycles. The molecule has 1 fully saturated rings. The second-order valence-electron chi connectivity index (χ2n) is 9.97. The maximum absolute atomic E-state index is 14.0. The van der Waals surface area contributed by atoms with Crippen molar-refractivity contribution in [2.75, 3.05) is 27.2 Å². The molecule has 1 heterocycles. The number of nitrogens with zero attached hydrogens (tertiary/aromatic N) is 2. The van der Waals surface area contributed by atoms with Gasteiger partial charge in [-0.15, -0.1) is 0 Å². The van der Waals surface area contributed by atoms with Crippen LogP contribution < -0.4 is 0 Å². The van der Waals surface area contributed by atoms with Crippen LogP contribution >= 0.6 is 0 Å². The van der Waals surface area contributed by atoms with Crippen molar-refractivity contribution in [1.82, 2.24) is 9.80 Å². The minimum atomic E-state index is -0.621. The minimum Gasteiger partial charge on any atom is -0.467 e. The number of benzene rings is 2. The van der Waals surface area contributed by atoms with Gasteiger partial charge in [0.05, 0.1) is 19.6 Å². The summed E-state index contributed by atoms with van der Waals surface area (Å²) in [5, 5.41) is 0. The Kier molecular flexibility index (Phi) is 8.52. The molecule has 3 rings (SSSR count). The molecular weight excluding hydrogens is 424 g/mol. The first-order valence-electron chi connectivity index (χ1n) is 11.9. The molecule has 5 heteroatoms. The summed E-state index contributed by atoms with van der Waals surface area (Å²) in [6.45, 7) is 7.39. The molecule has 0 aromatic heterocycles. The molecule has 0 bridgehead atoms. The van der Waals surface area contributed by atoms with E-state index in [4.69, 9.17) is 4.74 Å². The van der Waals surface area contributed by atoms with Crippen LogP contribution in [-0.4, -0.2) is 61.0 Å². The van der Waals surface area contributed by atoms with Crippen LogP contribution in [0.3, 0.4) is 0 Å². The van der Waals surface area contributed by atoms with E-state index in [2.05, 4.69) is 37.5 Å². The number of carbonyl (C=O) groups is 2. The molecule has 1 aliphatic rings. The highest BCUT2D eigenvalue weighted by Gasteiger charge is 2.40. The van der Waals surface area contributed by atoms with Gasteiger partial charge in [0.15, 0.2) is 0 Å². The van der Waals surface area contributed by atoms with Gasteiger partial charge in [0.2, 0.25) is 5.91 Å². The van der Waals surface area contributed by atoms with Crippen molar-refractivity contribution < 1.29 is 14.3 Å².